The molecule has 0 radical (unpaired) electrons. The minimum atomic E-state index is -0.456. The number of amides is 5. The predicted octanol–water partition coefficient (Wildman–Crippen LogP) is 6.56. The summed E-state index contributed by atoms with van der Waals surface area (Å²) in [4.78, 5) is 72.8. The Labute approximate surface area is 349 Å². The van der Waals surface area contributed by atoms with Crippen LogP contribution in [-0.2, 0) is 6.61 Å². The van der Waals surface area contributed by atoms with Gasteiger partial charge in [-0.2, -0.15) is 0 Å². The van der Waals surface area contributed by atoms with E-state index in [1.807, 2.05) is 30.0 Å². The number of methoxy groups -OCH3 is 1. The van der Waals surface area contributed by atoms with Gasteiger partial charge in [-0.1, -0.05) is 42.0 Å². The molecule has 0 aromatic heterocycles. The largest absolute Gasteiger partial charge is 0.495 e. The second-order valence-electron chi connectivity index (χ2n) is 14.8. The zero-order chi connectivity index (χ0) is 42.3. The summed E-state index contributed by atoms with van der Waals surface area (Å²) in [5, 5.41) is 2.86. The van der Waals surface area contributed by atoms with E-state index < -0.39 is 5.91 Å². The number of hydrogen-bond donors (Lipinski definition) is 1. The predicted molar refractivity (Wildman–Crippen MR) is 227 cm³/mol. The average molecular weight is 810 g/mol. The molecule has 60 heavy (non-hydrogen) atoms. The van der Waals surface area contributed by atoms with Crippen molar-refractivity contribution in [1.82, 2.24) is 14.7 Å². The summed E-state index contributed by atoms with van der Waals surface area (Å²) in [5.74, 6) is -0.196. The summed E-state index contributed by atoms with van der Waals surface area (Å²) >= 11 is 0. The van der Waals surface area contributed by atoms with Crippen molar-refractivity contribution >= 4 is 40.9 Å². The lowest BCUT2D eigenvalue weighted by Gasteiger charge is -2.33. The molecule has 5 aromatic carbocycles. The molecule has 1 saturated heterocycles. The average Bonchev–Trinajstić information content (AvgIpc) is 3.52. The summed E-state index contributed by atoms with van der Waals surface area (Å²) < 4.78 is 17.6. The molecule has 7 rings (SSSR count). The number of piperazine rings is 1. The maximum atomic E-state index is 13.6. The summed E-state index contributed by atoms with van der Waals surface area (Å²) in [6.07, 6.45) is 0.368. The first-order valence-electron chi connectivity index (χ1n) is 19.8. The van der Waals surface area contributed by atoms with E-state index in [1.54, 1.807) is 98.0 Å². The Kier molecular flexibility index (Phi) is 12.6. The number of aryl methyl sites for hydroxylation is 1. The van der Waals surface area contributed by atoms with Crippen molar-refractivity contribution in [3.8, 4) is 17.2 Å². The fraction of sp³-hybridized carbons (Fsp3) is 0.255. The Morgan fingerprint density at radius 2 is 1.43 bits per heavy atom. The highest BCUT2D eigenvalue weighted by Crippen LogP contribution is 2.30. The number of ether oxygens (including phenoxy) is 3. The second kappa shape index (κ2) is 18.3. The third kappa shape index (κ3) is 9.01. The summed E-state index contributed by atoms with van der Waals surface area (Å²) in [6, 6.07) is 31.2. The van der Waals surface area contributed by atoms with E-state index in [0.717, 1.165) is 24.2 Å². The number of hydrogen-bond acceptors (Lipinski definition) is 9. The van der Waals surface area contributed by atoms with Gasteiger partial charge in [0.15, 0.2) is 0 Å². The SMILES string of the molecule is COc1cc(C(=O)N(C)c2ccc(OCc3ccc(C)cc3C(=O)N3CCN(C)CC3)cc2)ccc1NC(=O)c1ccccc1OCCCN1C(=O)c2ccccc2C1=O. The third-order valence-corrected chi connectivity index (χ3v) is 10.7. The van der Waals surface area contributed by atoms with Crippen molar-refractivity contribution in [3.05, 3.63) is 148 Å². The van der Waals surface area contributed by atoms with Crippen LogP contribution in [-0.4, -0.2) is 105 Å². The maximum Gasteiger partial charge on any atom is 0.261 e. The molecule has 1 N–H and O–H groups in total. The van der Waals surface area contributed by atoms with Crippen LogP contribution in [0.25, 0.3) is 0 Å². The molecule has 13 heteroatoms. The molecule has 2 aliphatic rings. The second-order valence-corrected chi connectivity index (χ2v) is 14.8. The number of carbonyl (C=O) groups is 5. The van der Waals surface area contributed by atoms with E-state index in [4.69, 9.17) is 14.2 Å². The van der Waals surface area contributed by atoms with Crippen molar-refractivity contribution in [2.24, 2.45) is 0 Å². The number of carbonyl (C=O) groups excluding carboxylic acids is 5. The summed E-state index contributed by atoms with van der Waals surface area (Å²) in [6.45, 7) is 5.57. The summed E-state index contributed by atoms with van der Waals surface area (Å²) in [5.41, 5.74) is 4.83. The van der Waals surface area contributed by atoms with Crippen LogP contribution in [0.3, 0.4) is 0 Å². The van der Waals surface area contributed by atoms with Gasteiger partial charge in [0, 0.05) is 62.1 Å². The highest BCUT2D eigenvalue weighted by molar-refractivity contribution is 6.21. The number of anilines is 2. The van der Waals surface area contributed by atoms with Crippen LogP contribution in [0.5, 0.6) is 17.2 Å². The fourth-order valence-electron chi connectivity index (χ4n) is 7.18. The normalized spacial score (nSPS) is 13.8. The van der Waals surface area contributed by atoms with Gasteiger partial charge in [-0.25, -0.2) is 0 Å². The first kappa shape index (κ1) is 41.2. The molecular formula is C47H47N5O8. The van der Waals surface area contributed by atoms with Crippen LogP contribution in [0.1, 0.15) is 69.3 Å². The van der Waals surface area contributed by atoms with Crippen LogP contribution in [0.4, 0.5) is 11.4 Å². The Hall–Kier alpha value is -6.99. The van der Waals surface area contributed by atoms with Gasteiger partial charge in [-0.3, -0.25) is 28.9 Å². The molecule has 2 aliphatic heterocycles. The van der Waals surface area contributed by atoms with E-state index in [-0.39, 0.29) is 54.7 Å². The molecule has 0 saturated carbocycles. The molecule has 0 spiro atoms. The van der Waals surface area contributed by atoms with Gasteiger partial charge < -0.3 is 34.2 Å². The lowest BCUT2D eigenvalue weighted by atomic mass is 10.0. The smallest absolute Gasteiger partial charge is 0.261 e. The number of nitrogens with zero attached hydrogens (tertiary/aromatic N) is 4. The van der Waals surface area contributed by atoms with Gasteiger partial charge in [0.25, 0.3) is 29.5 Å². The van der Waals surface area contributed by atoms with Crippen LogP contribution in [0.15, 0.2) is 109 Å². The van der Waals surface area contributed by atoms with Gasteiger partial charge in [-0.15, -0.1) is 0 Å². The topological polar surface area (TPSA) is 138 Å². The first-order valence-corrected chi connectivity index (χ1v) is 19.8. The Morgan fingerprint density at radius 1 is 0.750 bits per heavy atom. The minimum absolute atomic E-state index is 0.0109. The van der Waals surface area contributed by atoms with Gasteiger partial charge >= 0.3 is 0 Å². The van der Waals surface area contributed by atoms with Crippen molar-refractivity contribution in [3.63, 3.8) is 0 Å². The zero-order valence-corrected chi connectivity index (χ0v) is 34.1. The van der Waals surface area contributed by atoms with Gasteiger partial charge in [-0.05, 0) is 93.2 Å². The number of nitrogens with one attached hydrogen (secondary N) is 1. The van der Waals surface area contributed by atoms with E-state index in [1.165, 1.54) is 16.9 Å². The standard InChI is InChI=1S/C47H47N5O8/c1-31-14-15-33(39(28-31)45(55)51-25-23-49(2)24-26-51)30-60-35-19-17-34(18-20-35)50(3)44(54)32-16-21-40(42(29-32)58-4)48-43(53)38-12-7-8-13-41(38)59-27-9-22-52-46(56)36-10-5-6-11-37(36)47(52)57/h5-8,10-21,28-29H,9,22-27,30H2,1-4H3,(H,48,53). The van der Waals surface area contributed by atoms with Crippen molar-refractivity contribution in [2.75, 3.05) is 70.8 Å². The maximum absolute atomic E-state index is 13.6. The van der Waals surface area contributed by atoms with Crippen molar-refractivity contribution in [1.29, 1.82) is 0 Å². The molecular weight excluding hydrogens is 763 g/mol. The lowest BCUT2D eigenvalue weighted by Crippen LogP contribution is -2.47. The Morgan fingerprint density at radius 3 is 2.13 bits per heavy atom. The van der Waals surface area contributed by atoms with E-state index in [9.17, 15) is 24.0 Å². The van der Waals surface area contributed by atoms with Crippen LogP contribution >= 0.6 is 0 Å². The number of rotatable bonds is 14. The highest BCUT2D eigenvalue weighted by atomic mass is 16.5. The van der Waals surface area contributed by atoms with E-state index in [0.29, 0.717) is 64.6 Å². The molecule has 0 atom stereocenters. The quantitative estimate of drug-likeness (QED) is 0.0977. The molecule has 0 unspecified atom stereocenters. The molecule has 1 fully saturated rings. The number of para-hydroxylation sites is 1. The van der Waals surface area contributed by atoms with E-state index in [2.05, 4.69) is 17.3 Å². The molecule has 0 bridgehead atoms. The van der Waals surface area contributed by atoms with Gasteiger partial charge in [0.1, 0.15) is 23.9 Å². The van der Waals surface area contributed by atoms with Crippen molar-refractivity contribution < 1.29 is 38.2 Å². The molecule has 2 heterocycles. The molecule has 5 amide bonds. The fourth-order valence-corrected chi connectivity index (χ4v) is 7.18. The number of fused-ring (bicyclic) bond motifs is 1. The highest BCUT2D eigenvalue weighted by Gasteiger charge is 2.34. The molecule has 5 aromatic rings. The lowest BCUT2D eigenvalue weighted by molar-refractivity contribution is 0.0641. The van der Waals surface area contributed by atoms with Crippen LogP contribution in [0, 0.1) is 6.92 Å². The minimum Gasteiger partial charge on any atom is -0.495 e. The zero-order valence-electron chi connectivity index (χ0n) is 34.1. The number of likely N-dealkylation sites (N-methyl/N-ethyl adjacent to an activating group) is 1. The van der Waals surface area contributed by atoms with E-state index >= 15 is 0 Å². The molecule has 0 aliphatic carbocycles. The monoisotopic (exact) mass is 809 g/mol. The number of benzene rings is 5. The Balaban J connectivity index is 0.939. The Bertz CT molecular complexity index is 2390. The third-order valence-electron chi connectivity index (χ3n) is 10.7. The van der Waals surface area contributed by atoms with Crippen LogP contribution in [0.2, 0.25) is 0 Å². The van der Waals surface area contributed by atoms with Gasteiger partial charge in [0.2, 0.25) is 0 Å². The van der Waals surface area contributed by atoms with Gasteiger partial charge in [0.05, 0.1) is 36.1 Å². The molecule has 308 valence electrons. The van der Waals surface area contributed by atoms with Crippen LogP contribution < -0.4 is 24.4 Å². The molecule has 13 nitrogen and oxygen atoms in total. The van der Waals surface area contributed by atoms with Crippen molar-refractivity contribution in [2.45, 2.75) is 20.0 Å². The summed E-state index contributed by atoms with van der Waals surface area (Å²) in [7, 11) is 5.18. The first-order chi connectivity index (χ1) is 29.0. The number of imide groups is 1.